The third kappa shape index (κ3) is 8.58. The molecule has 1 fully saturated rings. The molecule has 7 nitrogen and oxygen atoms in total. The molecule has 2 aromatic carbocycles. The van der Waals surface area contributed by atoms with Gasteiger partial charge in [-0.1, -0.05) is 87.9 Å². The first kappa shape index (κ1) is 33.9. The van der Waals surface area contributed by atoms with Crippen molar-refractivity contribution < 1.29 is 22.9 Å². The molecule has 1 amide bonds. The Morgan fingerprint density at radius 1 is 0.932 bits per heavy atom. The highest BCUT2D eigenvalue weighted by Gasteiger charge is 2.50. The summed E-state index contributed by atoms with van der Waals surface area (Å²) in [5, 5.41) is 2.51. The Labute approximate surface area is 266 Å². The zero-order chi connectivity index (χ0) is 32.0. The molecule has 1 N–H and O–H groups in total. The van der Waals surface area contributed by atoms with Crippen LogP contribution in [0.1, 0.15) is 79.3 Å². The van der Waals surface area contributed by atoms with Crippen LogP contribution in [-0.4, -0.2) is 41.9 Å². The van der Waals surface area contributed by atoms with Crippen molar-refractivity contribution in [1.82, 2.24) is 9.71 Å². The van der Waals surface area contributed by atoms with Crippen molar-refractivity contribution in [2.75, 3.05) is 6.61 Å². The molecule has 9 heteroatoms. The maximum absolute atomic E-state index is 13.1. The number of hydrogen-bond donors (Lipinski definition) is 1. The van der Waals surface area contributed by atoms with Gasteiger partial charge in [-0.05, 0) is 86.8 Å². The number of nitrogens with zero attached hydrogens (tertiary/aromatic N) is 1. The highest BCUT2D eigenvalue weighted by atomic mass is 32.2. The predicted molar refractivity (Wildman–Crippen MR) is 179 cm³/mol. The van der Waals surface area contributed by atoms with Gasteiger partial charge in [-0.15, -0.1) is 0 Å². The molecule has 0 bridgehead atoms. The second-order valence-electron chi connectivity index (χ2n) is 13.7. The van der Waals surface area contributed by atoms with Gasteiger partial charge in [0.15, 0.2) is 11.0 Å². The van der Waals surface area contributed by atoms with Gasteiger partial charge in [-0.3, -0.25) is 0 Å². The highest BCUT2D eigenvalue weighted by molar-refractivity contribution is 7.83. The SMILES string of the molecule is Cc1ccc(S(=O)NC(=O)OC(C)(C)C)c(O[C@H]2CCC[C@@H](CCO[Si](c3ccccc3)(c3ccccc3)C(C)(C)C)C2)n1. The fraction of sp³-hybridized carbons (Fsp3) is 0.486. The minimum Gasteiger partial charge on any atom is -0.473 e. The van der Waals surface area contributed by atoms with E-state index in [1.54, 1.807) is 32.9 Å². The van der Waals surface area contributed by atoms with E-state index in [-0.39, 0.29) is 11.1 Å². The smallest absolute Gasteiger partial charge is 0.419 e. The second-order valence-corrected chi connectivity index (χ2v) is 19.2. The lowest BCUT2D eigenvalue weighted by Crippen LogP contribution is -2.66. The summed E-state index contributed by atoms with van der Waals surface area (Å²) in [5.41, 5.74) is 0.0565. The topological polar surface area (TPSA) is 86.8 Å². The number of rotatable bonds is 10. The lowest BCUT2D eigenvalue weighted by molar-refractivity contribution is 0.0572. The lowest BCUT2D eigenvalue weighted by Gasteiger charge is -2.43. The standard InChI is InChI=1S/C35H48N2O5SSi/c1-26-21-22-31(43(39)37-33(38)42-34(2,3)4)32(36-26)41-28-16-14-15-27(25-28)23-24-40-44(35(5,6)7,29-17-10-8-11-18-29)30-19-12-9-13-20-30/h8-13,17-22,27-28H,14-16,23-25H2,1-7H3,(H,37,38)/t27-,28-,43?/m0/s1. The molecule has 0 radical (unpaired) electrons. The van der Waals surface area contributed by atoms with E-state index in [9.17, 15) is 9.00 Å². The molecular weight excluding hydrogens is 589 g/mol. The molecule has 3 aromatic rings. The van der Waals surface area contributed by atoms with Gasteiger partial charge in [0.1, 0.15) is 16.6 Å². The summed E-state index contributed by atoms with van der Waals surface area (Å²) in [6.07, 6.45) is 4.04. The van der Waals surface area contributed by atoms with Crippen LogP contribution in [0.15, 0.2) is 77.7 Å². The quantitative estimate of drug-likeness (QED) is 0.245. The highest BCUT2D eigenvalue weighted by Crippen LogP contribution is 2.38. The molecule has 1 unspecified atom stereocenters. The maximum atomic E-state index is 13.1. The van der Waals surface area contributed by atoms with Crippen LogP contribution in [-0.2, 0) is 20.1 Å². The first-order valence-corrected chi connectivity index (χ1v) is 18.6. The molecule has 1 aliphatic carbocycles. The largest absolute Gasteiger partial charge is 0.473 e. The molecule has 1 heterocycles. The number of carbonyl (C=O) groups is 1. The molecule has 0 aliphatic heterocycles. The number of hydrogen-bond acceptors (Lipinski definition) is 6. The van der Waals surface area contributed by atoms with E-state index in [0.29, 0.717) is 23.3 Å². The van der Waals surface area contributed by atoms with Gasteiger partial charge >= 0.3 is 6.09 Å². The third-order valence-corrected chi connectivity index (χ3v) is 14.1. The average Bonchev–Trinajstić information content (AvgIpc) is 2.95. The van der Waals surface area contributed by atoms with E-state index in [4.69, 9.17) is 13.9 Å². The van der Waals surface area contributed by atoms with Crippen LogP contribution in [0.4, 0.5) is 4.79 Å². The molecular formula is C35H48N2O5SSi. The summed E-state index contributed by atoms with van der Waals surface area (Å²) in [5.74, 6) is 0.735. The third-order valence-electron chi connectivity index (χ3n) is 8.01. The minimum atomic E-state index is -2.59. The van der Waals surface area contributed by atoms with E-state index in [2.05, 4.69) is 91.1 Å². The molecule has 1 saturated carbocycles. The summed E-state index contributed by atoms with van der Waals surface area (Å²) >= 11 is 0. The van der Waals surface area contributed by atoms with Crippen molar-refractivity contribution in [3.63, 3.8) is 0 Å². The van der Waals surface area contributed by atoms with Gasteiger partial charge in [0.05, 0.1) is 0 Å². The Kier molecular flexibility index (Phi) is 11.1. The van der Waals surface area contributed by atoms with E-state index in [1.165, 1.54) is 10.4 Å². The number of nitrogens with one attached hydrogen (secondary N) is 1. The van der Waals surface area contributed by atoms with Crippen LogP contribution in [0, 0.1) is 12.8 Å². The molecule has 3 atom stereocenters. The zero-order valence-electron chi connectivity index (χ0n) is 27.2. The molecule has 4 rings (SSSR count). The fourth-order valence-electron chi connectivity index (χ4n) is 6.08. The number of benzene rings is 2. The summed E-state index contributed by atoms with van der Waals surface area (Å²) in [7, 11) is -4.46. The second kappa shape index (κ2) is 14.4. The Morgan fingerprint density at radius 3 is 2.11 bits per heavy atom. The van der Waals surface area contributed by atoms with Gasteiger partial charge in [-0.2, -0.15) is 0 Å². The summed E-state index contributed by atoms with van der Waals surface area (Å²) < 4.78 is 34.4. The number of aryl methyl sites for hydroxylation is 1. The Morgan fingerprint density at radius 2 is 1.55 bits per heavy atom. The molecule has 238 valence electrons. The average molecular weight is 637 g/mol. The van der Waals surface area contributed by atoms with Crippen molar-refractivity contribution in [2.24, 2.45) is 5.92 Å². The lowest BCUT2D eigenvalue weighted by atomic mass is 9.85. The maximum Gasteiger partial charge on any atom is 0.419 e. The van der Waals surface area contributed by atoms with E-state index in [1.807, 2.05) is 6.92 Å². The Bertz CT molecular complexity index is 1370. The predicted octanol–water partition coefficient (Wildman–Crippen LogP) is 6.84. The normalized spacial score (nSPS) is 18.3. The number of ether oxygens (including phenoxy) is 2. The molecule has 1 aliphatic rings. The van der Waals surface area contributed by atoms with Gasteiger partial charge in [0.2, 0.25) is 5.88 Å². The first-order chi connectivity index (χ1) is 20.8. The zero-order valence-corrected chi connectivity index (χ0v) is 29.0. The van der Waals surface area contributed by atoms with Crippen LogP contribution in [0.3, 0.4) is 0 Å². The fourth-order valence-corrected chi connectivity index (χ4v) is 11.4. The molecule has 0 saturated heterocycles. The summed E-state index contributed by atoms with van der Waals surface area (Å²) in [6.45, 7) is 14.7. The molecule has 0 spiro atoms. The van der Waals surface area contributed by atoms with Crippen LogP contribution >= 0.6 is 0 Å². The van der Waals surface area contributed by atoms with E-state index < -0.39 is 31.0 Å². The number of pyridine rings is 1. The first-order valence-electron chi connectivity index (χ1n) is 15.6. The number of amides is 1. The van der Waals surface area contributed by atoms with Crippen LogP contribution < -0.4 is 19.8 Å². The van der Waals surface area contributed by atoms with Crippen molar-refractivity contribution >= 4 is 35.8 Å². The number of aromatic nitrogens is 1. The van der Waals surface area contributed by atoms with Crippen molar-refractivity contribution in [3.05, 3.63) is 78.5 Å². The number of carbonyl (C=O) groups excluding carboxylic acids is 1. The molecule has 1 aromatic heterocycles. The minimum absolute atomic E-state index is 0.0619. The van der Waals surface area contributed by atoms with Crippen LogP contribution in [0.25, 0.3) is 0 Å². The van der Waals surface area contributed by atoms with Crippen molar-refractivity contribution in [2.45, 2.75) is 102 Å². The van der Waals surface area contributed by atoms with Crippen molar-refractivity contribution in [1.29, 1.82) is 0 Å². The summed E-state index contributed by atoms with van der Waals surface area (Å²) in [4.78, 5) is 17.2. The Balaban J connectivity index is 1.45. The van der Waals surface area contributed by atoms with Crippen LogP contribution in [0.5, 0.6) is 5.88 Å². The monoisotopic (exact) mass is 636 g/mol. The molecule has 44 heavy (non-hydrogen) atoms. The van der Waals surface area contributed by atoms with Gasteiger partial charge < -0.3 is 13.9 Å². The van der Waals surface area contributed by atoms with Crippen molar-refractivity contribution in [3.8, 4) is 5.88 Å². The van der Waals surface area contributed by atoms with E-state index in [0.717, 1.165) is 37.8 Å². The van der Waals surface area contributed by atoms with Gasteiger partial charge in [-0.25, -0.2) is 18.7 Å². The van der Waals surface area contributed by atoms with Gasteiger partial charge in [0, 0.05) is 12.3 Å². The Hall–Kier alpha value is -3.01. The summed E-state index contributed by atoms with van der Waals surface area (Å²) in [6, 6.07) is 24.9. The van der Waals surface area contributed by atoms with Gasteiger partial charge in [0.25, 0.3) is 8.32 Å². The van der Waals surface area contributed by atoms with E-state index >= 15 is 0 Å². The van der Waals surface area contributed by atoms with Crippen LogP contribution in [0.2, 0.25) is 5.04 Å².